The van der Waals surface area contributed by atoms with Crippen molar-refractivity contribution in [1.82, 2.24) is 4.90 Å². The highest BCUT2D eigenvalue weighted by molar-refractivity contribution is 5.83. The van der Waals surface area contributed by atoms with Gasteiger partial charge < -0.3 is 20.5 Å². The van der Waals surface area contributed by atoms with E-state index in [1.807, 2.05) is 0 Å². The summed E-state index contributed by atoms with van der Waals surface area (Å²) in [6, 6.07) is -0.789. The van der Waals surface area contributed by atoms with Crippen LogP contribution in [0.2, 0.25) is 0 Å². The van der Waals surface area contributed by atoms with Crippen molar-refractivity contribution >= 4 is 11.9 Å². The molecule has 0 spiro atoms. The first kappa shape index (κ1) is 14.9. The zero-order chi connectivity index (χ0) is 12.7. The maximum atomic E-state index is 11.7. The minimum absolute atomic E-state index is 0.104. The fourth-order valence-electron chi connectivity index (χ4n) is 1.39. The molecule has 6 heteroatoms. The Balaban J connectivity index is 4.41. The van der Waals surface area contributed by atoms with Gasteiger partial charge in [-0.3, -0.25) is 4.79 Å². The van der Waals surface area contributed by atoms with E-state index in [1.165, 1.54) is 19.1 Å². The van der Waals surface area contributed by atoms with Gasteiger partial charge in [-0.05, 0) is 6.42 Å². The molecule has 1 amide bonds. The Hall–Kier alpha value is -1.14. The molecule has 0 aromatic heterocycles. The molecule has 0 saturated heterocycles. The lowest BCUT2D eigenvalue weighted by atomic mass is 10.1. The van der Waals surface area contributed by atoms with Crippen molar-refractivity contribution < 1.29 is 19.4 Å². The third kappa shape index (κ3) is 4.16. The number of carboxylic acids is 1. The van der Waals surface area contributed by atoms with Gasteiger partial charge in [-0.2, -0.15) is 0 Å². The summed E-state index contributed by atoms with van der Waals surface area (Å²) in [7, 11) is 2.95. The minimum atomic E-state index is -1.000. The molecule has 0 aliphatic heterocycles. The molecule has 0 radical (unpaired) electrons. The first-order chi connectivity index (χ1) is 7.47. The van der Waals surface area contributed by atoms with Crippen LogP contribution in [-0.4, -0.2) is 54.7 Å². The summed E-state index contributed by atoms with van der Waals surface area (Å²) in [5.41, 5.74) is 5.39. The average Bonchev–Trinajstić information content (AvgIpc) is 2.25. The number of carboxylic acid groups (broad SMARTS) is 1. The Morgan fingerprint density at radius 3 is 2.38 bits per heavy atom. The predicted octanol–water partition coefficient (Wildman–Crippen LogP) is -0.328. The lowest BCUT2D eigenvalue weighted by Gasteiger charge is -2.25. The van der Waals surface area contributed by atoms with Crippen LogP contribution in [0.5, 0.6) is 0 Å². The largest absolute Gasteiger partial charge is 0.480 e. The van der Waals surface area contributed by atoms with Crippen molar-refractivity contribution in [2.45, 2.75) is 31.9 Å². The molecule has 94 valence electrons. The van der Waals surface area contributed by atoms with Crippen LogP contribution in [0.3, 0.4) is 0 Å². The number of nitrogens with two attached hydrogens (primary N) is 1. The van der Waals surface area contributed by atoms with Gasteiger partial charge in [-0.1, -0.05) is 6.92 Å². The number of likely N-dealkylation sites (N-methyl/N-ethyl adjacent to an activating group) is 1. The smallest absolute Gasteiger partial charge is 0.326 e. The van der Waals surface area contributed by atoms with Gasteiger partial charge in [0.1, 0.15) is 6.04 Å². The van der Waals surface area contributed by atoms with Gasteiger partial charge in [-0.25, -0.2) is 4.79 Å². The Morgan fingerprint density at radius 2 is 2.06 bits per heavy atom. The van der Waals surface area contributed by atoms with Crippen LogP contribution in [0.4, 0.5) is 0 Å². The number of carbonyl (C=O) groups is 2. The lowest BCUT2D eigenvalue weighted by molar-refractivity contribution is -0.150. The summed E-state index contributed by atoms with van der Waals surface area (Å²) in [6.45, 7) is 1.96. The zero-order valence-electron chi connectivity index (χ0n) is 9.97. The van der Waals surface area contributed by atoms with Gasteiger partial charge in [0.25, 0.3) is 0 Å². The van der Waals surface area contributed by atoms with E-state index in [-0.39, 0.29) is 25.0 Å². The van der Waals surface area contributed by atoms with E-state index in [1.54, 1.807) is 6.92 Å². The Kier molecular flexibility index (Phi) is 6.67. The molecule has 0 saturated carbocycles. The van der Waals surface area contributed by atoms with Crippen LogP contribution in [0.1, 0.15) is 19.8 Å². The van der Waals surface area contributed by atoms with Gasteiger partial charge in [-0.15, -0.1) is 0 Å². The van der Waals surface area contributed by atoms with E-state index >= 15 is 0 Å². The third-order valence-electron chi connectivity index (χ3n) is 2.53. The lowest BCUT2D eigenvalue weighted by Crippen LogP contribution is -2.43. The molecule has 0 aromatic rings. The van der Waals surface area contributed by atoms with Gasteiger partial charge in [0.15, 0.2) is 0 Å². The second-order valence-electron chi connectivity index (χ2n) is 3.56. The molecule has 2 unspecified atom stereocenters. The van der Waals surface area contributed by atoms with Crippen LogP contribution in [0.25, 0.3) is 0 Å². The number of carbonyl (C=O) groups excluding carboxylic acids is 1. The highest BCUT2D eigenvalue weighted by atomic mass is 16.5. The van der Waals surface area contributed by atoms with Gasteiger partial charge >= 0.3 is 5.97 Å². The maximum Gasteiger partial charge on any atom is 0.326 e. The predicted molar refractivity (Wildman–Crippen MR) is 59.0 cm³/mol. The van der Waals surface area contributed by atoms with E-state index in [9.17, 15) is 9.59 Å². The molecule has 2 atom stereocenters. The highest BCUT2D eigenvalue weighted by Crippen LogP contribution is 2.06. The fourth-order valence-corrected chi connectivity index (χ4v) is 1.39. The average molecular weight is 232 g/mol. The molecule has 6 nitrogen and oxygen atoms in total. The number of aliphatic carboxylic acids is 1. The van der Waals surface area contributed by atoms with Gasteiger partial charge in [0, 0.05) is 20.7 Å². The minimum Gasteiger partial charge on any atom is -0.480 e. The van der Waals surface area contributed by atoms with Gasteiger partial charge in [0.05, 0.1) is 12.5 Å². The van der Waals surface area contributed by atoms with Crippen molar-refractivity contribution in [1.29, 1.82) is 0 Å². The molecule has 16 heavy (non-hydrogen) atoms. The van der Waals surface area contributed by atoms with Crippen LogP contribution in [0, 0.1) is 0 Å². The fraction of sp³-hybridized carbons (Fsp3) is 0.800. The van der Waals surface area contributed by atoms with Crippen LogP contribution in [0.15, 0.2) is 0 Å². The van der Waals surface area contributed by atoms with Crippen LogP contribution < -0.4 is 5.73 Å². The Bertz CT molecular complexity index is 241. The Morgan fingerprint density at radius 1 is 1.50 bits per heavy atom. The zero-order valence-corrected chi connectivity index (χ0v) is 9.97. The van der Waals surface area contributed by atoms with E-state index in [4.69, 9.17) is 15.6 Å². The van der Waals surface area contributed by atoms with E-state index in [0.717, 1.165) is 0 Å². The molecule has 0 bridgehead atoms. The number of rotatable bonds is 7. The first-order valence-corrected chi connectivity index (χ1v) is 5.19. The number of hydrogen-bond donors (Lipinski definition) is 2. The normalized spacial score (nSPS) is 14.2. The molecular formula is C10H20N2O4. The quantitative estimate of drug-likeness (QED) is 0.627. The molecular weight excluding hydrogens is 212 g/mol. The summed E-state index contributed by atoms with van der Waals surface area (Å²) >= 11 is 0. The number of nitrogens with zero attached hydrogens (tertiary/aromatic N) is 1. The maximum absolute atomic E-state index is 11.7. The standard InChI is InChI=1S/C10H20N2O4/c1-4-8(10(14)15)12(2)9(13)5-7(6-11)16-3/h7-8H,4-6,11H2,1-3H3,(H,14,15). The van der Waals surface area contributed by atoms with Crippen molar-refractivity contribution in [3.8, 4) is 0 Å². The third-order valence-corrected chi connectivity index (χ3v) is 2.53. The second kappa shape index (κ2) is 7.19. The van der Waals surface area contributed by atoms with Crippen LogP contribution in [-0.2, 0) is 14.3 Å². The summed E-state index contributed by atoms with van der Waals surface area (Å²) in [4.78, 5) is 23.8. The van der Waals surface area contributed by atoms with E-state index in [0.29, 0.717) is 6.42 Å². The topological polar surface area (TPSA) is 92.9 Å². The summed E-state index contributed by atoms with van der Waals surface area (Å²) < 4.78 is 4.97. The van der Waals surface area contributed by atoms with Crippen molar-refractivity contribution in [3.05, 3.63) is 0 Å². The van der Waals surface area contributed by atoms with Crippen LogP contribution >= 0.6 is 0 Å². The molecule has 3 N–H and O–H groups in total. The Labute approximate surface area is 95.4 Å². The monoisotopic (exact) mass is 232 g/mol. The molecule has 0 aliphatic rings. The van der Waals surface area contributed by atoms with Crippen molar-refractivity contribution in [2.24, 2.45) is 5.73 Å². The van der Waals surface area contributed by atoms with Gasteiger partial charge in [0.2, 0.25) is 5.91 Å². The van der Waals surface area contributed by atoms with Crippen molar-refractivity contribution in [2.75, 3.05) is 20.7 Å². The number of ether oxygens (including phenoxy) is 1. The number of amides is 1. The highest BCUT2D eigenvalue weighted by Gasteiger charge is 2.25. The van der Waals surface area contributed by atoms with E-state index < -0.39 is 12.0 Å². The molecule has 0 rings (SSSR count). The molecule has 0 aromatic carbocycles. The van der Waals surface area contributed by atoms with E-state index in [2.05, 4.69) is 0 Å². The van der Waals surface area contributed by atoms with Crippen molar-refractivity contribution in [3.63, 3.8) is 0 Å². The molecule has 0 heterocycles. The number of methoxy groups -OCH3 is 1. The first-order valence-electron chi connectivity index (χ1n) is 5.19. The molecule has 0 fully saturated rings. The summed E-state index contributed by atoms with van der Waals surface area (Å²) in [5, 5.41) is 8.89. The number of hydrogen-bond acceptors (Lipinski definition) is 4. The molecule has 0 aliphatic carbocycles. The summed E-state index contributed by atoms with van der Waals surface area (Å²) in [6.07, 6.45) is 0.117. The SMILES string of the molecule is CCC(C(=O)O)N(C)C(=O)CC(CN)OC. The summed E-state index contributed by atoms with van der Waals surface area (Å²) in [5.74, 6) is -1.27. The second-order valence-corrected chi connectivity index (χ2v) is 3.56.